The highest BCUT2D eigenvalue weighted by Crippen LogP contribution is 2.43. The minimum absolute atomic E-state index is 0.105. The van der Waals surface area contributed by atoms with E-state index in [4.69, 9.17) is 5.73 Å². The van der Waals surface area contributed by atoms with Gasteiger partial charge in [-0.2, -0.15) is 0 Å². The van der Waals surface area contributed by atoms with Gasteiger partial charge in [-0.1, -0.05) is 18.6 Å². The third-order valence-corrected chi connectivity index (χ3v) is 5.14. The number of fused-ring (bicyclic) bond motifs is 1. The molecule has 1 aromatic heterocycles. The number of hydrogen-bond acceptors (Lipinski definition) is 4. The molecular formula is C15H18N2OS. The van der Waals surface area contributed by atoms with E-state index in [9.17, 15) is 4.79 Å². The molecule has 3 rings (SSSR count). The summed E-state index contributed by atoms with van der Waals surface area (Å²) in [4.78, 5) is 16.7. The molecule has 4 heteroatoms. The Hall–Kier alpha value is -1.26. The van der Waals surface area contributed by atoms with Crippen molar-refractivity contribution >= 4 is 27.3 Å². The molecule has 1 heterocycles. The number of Topliss-reactive ketones (excluding diaryl/α,β-unsaturated/α-hetero) is 1. The molecule has 0 unspecified atom stereocenters. The lowest BCUT2D eigenvalue weighted by molar-refractivity contribution is -0.122. The van der Waals surface area contributed by atoms with Crippen LogP contribution in [-0.2, 0) is 11.2 Å². The number of benzene rings is 1. The van der Waals surface area contributed by atoms with Gasteiger partial charge in [-0.15, -0.1) is 11.3 Å². The summed E-state index contributed by atoms with van der Waals surface area (Å²) in [5.74, 6) is 0.282. The Labute approximate surface area is 116 Å². The number of nitrogens with zero attached hydrogens (tertiary/aromatic N) is 1. The highest BCUT2D eigenvalue weighted by molar-refractivity contribution is 7.18. The standard InChI is InChI=1S/C15H18N2OS/c16-10-15(6-3-7-15)9-11(18)8-14-17-12-4-1-2-5-13(12)19-14/h1-2,4-5H,3,6-10,16H2. The van der Waals surface area contributed by atoms with Crippen LogP contribution in [0, 0.1) is 5.41 Å². The van der Waals surface area contributed by atoms with E-state index in [1.807, 2.05) is 24.3 Å². The topological polar surface area (TPSA) is 56.0 Å². The van der Waals surface area contributed by atoms with Gasteiger partial charge < -0.3 is 5.73 Å². The van der Waals surface area contributed by atoms with Crippen molar-refractivity contribution in [1.82, 2.24) is 4.98 Å². The third kappa shape index (κ3) is 2.55. The molecule has 19 heavy (non-hydrogen) atoms. The molecule has 0 radical (unpaired) electrons. The number of thiazole rings is 1. The molecule has 1 aromatic carbocycles. The second-order valence-corrected chi connectivity index (χ2v) is 6.64. The first-order valence-corrected chi connectivity index (χ1v) is 7.59. The second-order valence-electron chi connectivity index (χ2n) is 5.53. The summed E-state index contributed by atoms with van der Waals surface area (Å²) in [5, 5.41) is 0.928. The van der Waals surface area contributed by atoms with Gasteiger partial charge in [0.15, 0.2) is 0 Å². The van der Waals surface area contributed by atoms with Crippen molar-refractivity contribution in [3.05, 3.63) is 29.3 Å². The summed E-state index contributed by atoms with van der Waals surface area (Å²) in [6.45, 7) is 0.637. The van der Waals surface area contributed by atoms with Gasteiger partial charge >= 0.3 is 0 Å². The Morgan fingerprint density at radius 2 is 2.16 bits per heavy atom. The van der Waals surface area contributed by atoms with Crippen LogP contribution in [0.5, 0.6) is 0 Å². The van der Waals surface area contributed by atoms with Crippen molar-refractivity contribution in [2.45, 2.75) is 32.1 Å². The first kappa shape index (κ1) is 12.8. The molecule has 1 aliphatic carbocycles. The average Bonchev–Trinajstić information content (AvgIpc) is 2.75. The van der Waals surface area contributed by atoms with E-state index in [0.29, 0.717) is 19.4 Å². The maximum atomic E-state index is 12.2. The SMILES string of the molecule is NCC1(CC(=O)Cc2nc3ccccc3s2)CCC1. The number of para-hydroxylation sites is 1. The van der Waals surface area contributed by atoms with Crippen LogP contribution < -0.4 is 5.73 Å². The zero-order valence-electron chi connectivity index (χ0n) is 10.9. The molecule has 100 valence electrons. The van der Waals surface area contributed by atoms with Gasteiger partial charge in [0.25, 0.3) is 0 Å². The van der Waals surface area contributed by atoms with Crippen LogP contribution >= 0.6 is 11.3 Å². The zero-order chi connectivity index (χ0) is 13.3. The van der Waals surface area contributed by atoms with Crippen molar-refractivity contribution in [3.63, 3.8) is 0 Å². The summed E-state index contributed by atoms with van der Waals surface area (Å²) in [5.41, 5.74) is 6.90. The fraction of sp³-hybridized carbons (Fsp3) is 0.467. The van der Waals surface area contributed by atoms with Crippen molar-refractivity contribution in [2.75, 3.05) is 6.54 Å². The number of ketones is 1. The molecule has 2 aromatic rings. The number of nitrogens with two attached hydrogens (primary N) is 1. The van der Waals surface area contributed by atoms with Crippen LogP contribution in [0.3, 0.4) is 0 Å². The van der Waals surface area contributed by atoms with E-state index < -0.39 is 0 Å². The van der Waals surface area contributed by atoms with Crippen LogP contribution in [0.4, 0.5) is 0 Å². The van der Waals surface area contributed by atoms with Gasteiger partial charge in [0.05, 0.1) is 16.6 Å². The molecule has 0 aliphatic heterocycles. The van der Waals surface area contributed by atoms with E-state index >= 15 is 0 Å². The van der Waals surface area contributed by atoms with E-state index in [2.05, 4.69) is 4.98 Å². The van der Waals surface area contributed by atoms with Crippen LogP contribution in [-0.4, -0.2) is 17.3 Å². The molecule has 0 bridgehead atoms. The smallest absolute Gasteiger partial charge is 0.140 e. The number of hydrogen-bond donors (Lipinski definition) is 1. The number of carbonyl (C=O) groups is 1. The Morgan fingerprint density at radius 3 is 2.79 bits per heavy atom. The molecule has 0 saturated heterocycles. The Balaban J connectivity index is 1.69. The molecule has 2 N–H and O–H groups in total. The first-order chi connectivity index (χ1) is 9.21. The Kier molecular flexibility index (Phi) is 3.37. The molecule has 0 atom stereocenters. The van der Waals surface area contributed by atoms with Crippen molar-refractivity contribution in [1.29, 1.82) is 0 Å². The Bertz CT molecular complexity index is 562. The van der Waals surface area contributed by atoms with Crippen molar-refractivity contribution in [2.24, 2.45) is 11.1 Å². The third-order valence-electron chi connectivity index (χ3n) is 4.11. The summed E-state index contributed by atoms with van der Waals surface area (Å²) < 4.78 is 1.16. The second kappa shape index (κ2) is 5.02. The summed E-state index contributed by atoms with van der Waals surface area (Å²) in [6, 6.07) is 8.02. The van der Waals surface area contributed by atoms with Gasteiger partial charge in [-0.25, -0.2) is 4.98 Å². The summed E-state index contributed by atoms with van der Waals surface area (Å²) in [7, 11) is 0. The highest BCUT2D eigenvalue weighted by atomic mass is 32.1. The van der Waals surface area contributed by atoms with Gasteiger partial charge in [0.1, 0.15) is 10.8 Å². The van der Waals surface area contributed by atoms with E-state index in [0.717, 1.165) is 28.1 Å². The van der Waals surface area contributed by atoms with E-state index in [-0.39, 0.29) is 11.2 Å². The largest absolute Gasteiger partial charge is 0.330 e. The maximum absolute atomic E-state index is 12.2. The van der Waals surface area contributed by atoms with Gasteiger partial charge in [-0.3, -0.25) is 4.79 Å². The quantitative estimate of drug-likeness (QED) is 0.912. The van der Waals surface area contributed by atoms with Crippen molar-refractivity contribution < 1.29 is 4.79 Å². The molecular weight excluding hydrogens is 256 g/mol. The van der Waals surface area contributed by atoms with Crippen LogP contribution in [0.2, 0.25) is 0 Å². The van der Waals surface area contributed by atoms with Crippen LogP contribution in [0.15, 0.2) is 24.3 Å². The average molecular weight is 274 g/mol. The normalized spacial score (nSPS) is 17.3. The first-order valence-electron chi connectivity index (χ1n) is 6.77. The summed E-state index contributed by atoms with van der Waals surface area (Å²) >= 11 is 1.62. The van der Waals surface area contributed by atoms with Gasteiger partial charge in [-0.05, 0) is 36.9 Å². The number of carbonyl (C=O) groups excluding carboxylic acids is 1. The molecule has 0 amide bonds. The van der Waals surface area contributed by atoms with E-state index in [1.54, 1.807) is 11.3 Å². The predicted molar refractivity (Wildman–Crippen MR) is 78.3 cm³/mol. The zero-order valence-corrected chi connectivity index (χ0v) is 11.7. The van der Waals surface area contributed by atoms with E-state index in [1.165, 1.54) is 6.42 Å². The highest BCUT2D eigenvalue weighted by Gasteiger charge is 2.37. The Morgan fingerprint density at radius 1 is 1.37 bits per heavy atom. The number of aromatic nitrogens is 1. The predicted octanol–water partition coefficient (Wildman–Crippen LogP) is 2.93. The number of rotatable bonds is 5. The minimum atomic E-state index is 0.105. The molecule has 3 nitrogen and oxygen atoms in total. The lowest BCUT2D eigenvalue weighted by Gasteiger charge is -2.40. The lowest BCUT2D eigenvalue weighted by Crippen LogP contribution is -2.39. The molecule has 0 spiro atoms. The monoisotopic (exact) mass is 274 g/mol. The van der Waals surface area contributed by atoms with Gasteiger partial charge in [0.2, 0.25) is 0 Å². The minimum Gasteiger partial charge on any atom is -0.330 e. The summed E-state index contributed by atoms with van der Waals surface area (Å²) in [6.07, 6.45) is 4.51. The molecule has 1 fully saturated rings. The fourth-order valence-corrected chi connectivity index (χ4v) is 3.77. The lowest BCUT2D eigenvalue weighted by atomic mass is 9.66. The van der Waals surface area contributed by atoms with Gasteiger partial charge in [0, 0.05) is 6.42 Å². The van der Waals surface area contributed by atoms with Crippen molar-refractivity contribution in [3.8, 4) is 0 Å². The molecule has 1 saturated carbocycles. The fourth-order valence-electron chi connectivity index (χ4n) is 2.77. The maximum Gasteiger partial charge on any atom is 0.140 e. The van der Waals surface area contributed by atoms with Crippen LogP contribution in [0.25, 0.3) is 10.2 Å². The molecule has 1 aliphatic rings. The van der Waals surface area contributed by atoms with Crippen LogP contribution in [0.1, 0.15) is 30.7 Å².